The third-order valence-corrected chi connectivity index (χ3v) is 5.53. The van der Waals surface area contributed by atoms with E-state index in [9.17, 15) is 18.0 Å². The quantitative estimate of drug-likeness (QED) is 0.703. The summed E-state index contributed by atoms with van der Waals surface area (Å²) in [5.74, 6) is 0.654. The van der Waals surface area contributed by atoms with Gasteiger partial charge in [0.15, 0.2) is 0 Å². The first-order chi connectivity index (χ1) is 15.1. The van der Waals surface area contributed by atoms with Crippen molar-refractivity contribution >= 4 is 17.5 Å². The van der Waals surface area contributed by atoms with E-state index in [2.05, 4.69) is 9.97 Å². The number of aromatic nitrogens is 3. The zero-order chi connectivity index (χ0) is 23.0. The molecule has 174 valence electrons. The molecule has 2 aromatic rings. The zero-order valence-electron chi connectivity index (χ0n) is 18.2. The SMILES string of the molecule is CC(C)Oc1cc(N2CCC(C(F)(F)F)n3c2nc(N2CCOCC2C)cc3=O)ccn1. The zero-order valence-corrected chi connectivity index (χ0v) is 18.2. The summed E-state index contributed by atoms with van der Waals surface area (Å²) < 4.78 is 53.2. The van der Waals surface area contributed by atoms with Crippen LogP contribution >= 0.6 is 0 Å². The minimum Gasteiger partial charge on any atom is -0.475 e. The second-order valence-electron chi connectivity index (χ2n) is 8.26. The number of morpholine rings is 1. The number of hydrogen-bond donors (Lipinski definition) is 0. The van der Waals surface area contributed by atoms with Gasteiger partial charge in [0.1, 0.15) is 11.9 Å². The summed E-state index contributed by atoms with van der Waals surface area (Å²) in [6.45, 7) is 7.09. The maximum atomic E-state index is 13.8. The molecule has 11 heteroatoms. The Kier molecular flexibility index (Phi) is 6.02. The first kappa shape index (κ1) is 22.4. The molecule has 2 aromatic heterocycles. The summed E-state index contributed by atoms with van der Waals surface area (Å²) in [6, 6.07) is 2.52. The molecule has 0 spiro atoms. The largest absolute Gasteiger partial charge is 0.475 e. The van der Waals surface area contributed by atoms with Gasteiger partial charge >= 0.3 is 6.18 Å². The molecule has 0 radical (unpaired) electrons. The van der Waals surface area contributed by atoms with Crippen molar-refractivity contribution in [1.82, 2.24) is 14.5 Å². The van der Waals surface area contributed by atoms with Gasteiger partial charge in [0.2, 0.25) is 11.8 Å². The molecule has 0 saturated carbocycles. The van der Waals surface area contributed by atoms with Crippen LogP contribution in [0.3, 0.4) is 0 Å². The van der Waals surface area contributed by atoms with Crippen molar-refractivity contribution in [1.29, 1.82) is 0 Å². The maximum Gasteiger partial charge on any atom is 0.409 e. The second kappa shape index (κ2) is 8.61. The highest BCUT2D eigenvalue weighted by molar-refractivity contribution is 5.61. The van der Waals surface area contributed by atoms with Crippen LogP contribution in [-0.4, -0.2) is 59.2 Å². The smallest absolute Gasteiger partial charge is 0.409 e. The van der Waals surface area contributed by atoms with Gasteiger partial charge in [-0.1, -0.05) is 0 Å². The molecule has 0 bridgehead atoms. The van der Waals surface area contributed by atoms with Crippen LogP contribution < -0.4 is 20.1 Å². The van der Waals surface area contributed by atoms with Crippen molar-refractivity contribution in [3.8, 4) is 5.88 Å². The molecular formula is C21H26F3N5O3. The maximum absolute atomic E-state index is 13.8. The van der Waals surface area contributed by atoms with E-state index in [4.69, 9.17) is 9.47 Å². The van der Waals surface area contributed by atoms with Crippen LogP contribution in [0.15, 0.2) is 29.2 Å². The van der Waals surface area contributed by atoms with Crippen LogP contribution in [0.2, 0.25) is 0 Å². The Balaban J connectivity index is 1.83. The lowest BCUT2D eigenvalue weighted by molar-refractivity contribution is -0.170. The fraction of sp³-hybridized carbons (Fsp3) is 0.571. The number of hydrogen-bond acceptors (Lipinski definition) is 7. The minimum absolute atomic E-state index is 0.0403. The number of alkyl halides is 3. The predicted molar refractivity (Wildman–Crippen MR) is 113 cm³/mol. The van der Waals surface area contributed by atoms with Crippen molar-refractivity contribution in [3.63, 3.8) is 0 Å². The average molecular weight is 453 g/mol. The van der Waals surface area contributed by atoms with Gasteiger partial charge in [-0.15, -0.1) is 0 Å². The highest BCUT2D eigenvalue weighted by atomic mass is 19.4. The lowest BCUT2D eigenvalue weighted by Crippen LogP contribution is -2.47. The fourth-order valence-corrected chi connectivity index (χ4v) is 4.07. The molecule has 0 aromatic carbocycles. The standard InChI is InChI=1S/C21H26F3N5O3/c1-13(2)32-18-10-15(4-6-25-18)28-7-5-16(21(22,23)24)29-19(30)11-17(26-20(28)29)27-8-9-31-12-14(27)3/h4,6,10-11,13-14,16H,5,7-9,12H2,1-3H3. The van der Waals surface area contributed by atoms with Crippen LogP contribution in [0.25, 0.3) is 0 Å². The Hall–Kier alpha value is -2.82. The molecule has 1 fully saturated rings. The van der Waals surface area contributed by atoms with Gasteiger partial charge in [-0.05, 0) is 33.3 Å². The van der Waals surface area contributed by atoms with Gasteiger partial charge < -0.3 is 19.3 Å². The van der Waals surface area contributed by atoms with Gasteiger partial charge in [0, 0.05) is 31.4 Å². The molecule has 32 heavy (non-hydrogen) atoms. The molecule has 2 atom stereocenters. The third-order valence-electron chi connectivity index (χ3n) is 5.53. The van der Waals surface area contributed by atoms with Crippen LogP contribution in [0.4, 0.5) is 30.6 Å². The summed E-state index contributed by atoms with van der Waals surface area (Å²) in [6.07, 6.45) is -3.42. The van der Waals surface area contributed by atoms with E-state index in [1.807, 2.05) is 25.7 Å². The highest BCUT2D eigenvalue weighted by Gasteiger charge is 2.46. The van der Waals surface area contributed by atoms with Crippen molar-refractivity contribution in [2.75, 3.05) is 36.1 Å². The Morgan fingerprint density at radius 3 is 2.72 bits per heavy atom. The molecule has 2 unspecified atom stereocenters. The molecule has 8 nitrogen and oxygen atoms in total. The van der Waals surface area contributed by atoms with Crippen molar-refractivity contribution in [2.45, 2.75) is 51.6 Å². The van der Waals surface area contributed by atoms with Gasteiger partial charge in [-0.25, -0.2) is 4.98 Å². The van der Waals surface area contributed by atoms with Gasteiger partial charge in [0.25, 0.3) is 5.56 Å². The average Bonchev–Trinajstić information content (AvgIpc) is 2.72. The van der Waals surface area contributed by atoms with E-state index in [-0.39, 0.29) is 31.1 Å². The van der Waals surface area contributed by atoms with E-state index in [1.165, 1.54) is 12.3 Å². The summed E-state index contributed by atoms with van der Waals surface area (Å²) in [7, 11) is 0. The van der Waals surface area contributed by atoms with Gasteiger partial charge in [-0.2, -0.15) is 18.2 Å². The summed E-state index contributed by atoms with van der Waals surface area (Å²) >= 11 is 0. The van der Waals surface area contributed by atoms with E-state index < -0.39 is 17.8 Å². The summed E-state index contributed by atoms with van der Waals surface area (Å²) in [5, 5.41) is 0. The molecule has 2 aliphatic rings. The number of nitrogens with zero attached hydrogens (tertiary/aromatic N) is 5. The van der Waals surface area contributed by atoms with E-state index >= 15 is 0 Å². The van der Waals surface area contributed by atoms with Crippen molar-refractivity contribution < 1.29 is 22.6 Å². The molecule has 4 rings (SSSR count). The van der Waals surface area contributed by atoms with Crippen LogP contribution in [0.5, 0.6) is 5.88 Å². The number of pyridine rings is 1. The number of ether oxygens (including phenoxy) is 2. The van der Waals surface area contributed by atoms with E-state index in [1.54, 1.807) is 17.0 Å². The fourth-order valence-electron chi connectivity index (χ4n) is 4.07. The van der Waals surface area contributed by atoms with E-state index in [0.29, 0.717) is 37.1 Å². The number of anilines is 3. The molecule has 0 amide bonds. The number of halogens is 3. The second-order valence-corrected chi connectivity index (χ2v) is 8.26. The Labute approximate surface area is 183 Å². The van der Waals surface area contributed by atoms with Crippen LogP contribution in [0.1, 0.15) is 33.2 Å². The number of rotatable bonds is 4. The van der Waals surface area contributed by atoms with Crippen molar-refractivity contribution in [3.05, 3.63) is 34.7 Å². The summed E-state index contributed by atoms with van der Waals surface area (Å²) in [4.78, 5) is 25.2. The van der Waals surface area contributed by atoms with E-state index in [0.717, 1.165) is 4.57 Å². The molecule has 0 N–H and O–H groups in total. The van der Waals surface area contributed by atoms with Crippen molar-refractivity contribution in [2.24, 2.45) is 0 Å². The summed E-state index contributed by atoms with van der Waals surface area (Å²) in [5.41, 5.74) is -0.174. The molecular weight excluding hydrogens is 427 g/mol. The predicted octanol–water partition coefficient (Wildman–Crippen LogP) is 3.30. The topological polar surface area (TPSA) is 72.7 Å². The van der Waals surface area contributed by atoms with Gasteiger partial charge in [-0.3, -0.25) is 9.36 Å². The molecule has 0 aliphatic carbocycles. The van der Waals surface area contributed by atoms with Crippen LogP contribution in [-0.2, 0) is 4.74 Å². The molecule has 1 saturated heterocycles. The monoisotopic (exact) mass is 453 g/mol. The lowest BCUT2D eigenvalue weighted by Gasteiger charge is -2.39. The lowest BCUT2D eigenvalue weighted by atomic mass is 10.1. The highest BCUT2D eigenvalue weighted by Crippen LogP contribution is 2.41. The Morgan fingerprint density at radius 1 is 1.25 bits per heavy atom. The first-order valence-electron chi connectivity index (χ1n) is 10.6. The first-order valence-corrected chi connectivity index (χ1v) is 10.6. The Morgan fingerprint density at radius 2 is 2.03 bits per heavy atom. The number of fused-ring (bicyclic) bond motifs is 1. The normalized spacial score (nSPS) is 21.6. The third kappa shape index (κ3) is 4.38. The molecule has 4 heterocycles. The Bertz CT molecular complexity index is 1030. The van der Waals surface area contributed by atoms with Gasteiger partial charge in [0.05, 0.1) is 31.0 Å². The minimum atomic E-state index is -4.57. The molecule has 2 aliphatic heterocycles. The van der Waals surface area contributed by atoms with Crippen LogP contribution in [0, 0.1) is 0 Å².